The predicted octanol–water partition coefficient (Wildman–Crippen LogP) is 3.97. The van der Waals surface area contributed by atoms with Gasteiger partial charge in [0.05, 0.1) is 5.69 Å². The van der Waals surface area contributed by atoms with E-state index in [9.17, 15) is 0 Å². The molecule has 0 atom stereocenters. The van der Waals surface area contributed by atoms with E-state index < -0.39 is 0 Å². The molecule has 0 aromatic carbocycles. The zero-order valence-electron chi connectivity index (χ0n) is 13.6. The molecular weight excluding hydrogens is 234 g/mol. The first-order valence-corrected chi connectivity index (χ1v) is 7.63. The molecule has 0 aliphatic carbocycles. The normalized spacial score (nSPS) is 12.1. The molecule has 0 spiro atoms. The summed E-state index contributed by atoms with van der Waals surface area (Å²) in [4.78, 5) is 0. The first-order valence-electron chi connectivity index (χ1n) is 7.63. The summed E-state index contributed by atoms with van der Waals surface area (Å²) in [5.41, 5.74) is 4.02. The Bertz CT molecular complexity index is 385. The Balaban J connectivity index is 2.61. The fraction of sp³-hybridized carbons (Fsp3) is 0.812. The van der Waals surface area contributed by atoms with Crippen molar-refractivity contribution in [3.8, 4) is 0 Å². The lowest BCUT2D eigenvalue weighted by atomic mass is 10.1. The Hall–Kier alpha value is -0.830. The van der Waals surface area contributed by atoms with Crippen LogP contribution in [0, 0.1) is 13.8 Å². The van der Waals surface area contributed by atoms with E-state index in [-0.39, 0.29) is 5.54 Å². The first-order chi connectivity index (χ1) is 8.85. The minimum absolute atomic E-state index is 0.155. The van der Waals surface area contributed by atoms with Crippen molar-refractivity contribution in [3.63, 3.8) is 0 Å². The summed E-state index contributed by atoms with van der Waals surface area (Å²) < 4.78 is 2.19. The maximum atomic E-state index is 4.69. The predicted molar refractivity (Wildman–Crippen MR) is 82.4 cm³/mol. The summed E-state index contributed by atoms with van der Waals surface area (Å²) in [5.74, 6) is 0. The van der Waals surface area contributed by atoms with Gasteiger partial charge in [-0.25, -0.2) is 0 Å². The Morgan fingerprint density at radius 3 is 2.37 bits per heavy atom. The Labute approximate surface area is 118 Å². The Kier molecular flexibility index (Phi) is 6.05. The number of hydrogen-bond donors (Lipinski definition) is 1. The van der Waals surface area contributed by atoms with Crippen molar-refractivity contribution in [2.45, 2.75) is 85.9 Å². The zero-order valence-corrected chi connectivity index (χ0v) is 13.6. The molecule has 1 aromatic heterocycles. The molecule has 0 bridgehead atoms. The van der Waals surface area contributed by atoms with Gasteiger partial charge < -0.3 is 5.32 Å². The van der Waals surface area contributed by atoms with E-state index in [1.54, 1.807) is 0 Å². The fourth-order valence-corrected chi connectivity index (χ4v) is 2.25. The van der Waals surface area contributed by atoms with Crippen LogP contribution >= 0.6 is 0 Å². The average molecular weight is 265 g/mol. The molecule has 0 aliphatic heterocycles. The van der Waals surface area contributed by atoms with Crippen LogP contribution in [-0.2, 0) is 13.1 Å². The van der Waals surface area contributed by atoms with E-state index in [1.165, 1.54) is 42.6 Å². The van der Waals surface area contributed by atoms with Gasteiger partial charge in [-0.1, -0.05) is 26.2 Å². The molecular formula is C16H31N3. The number of nitrogens with zero attached hydrogens (tertiary/aromatic N) is 2. The van der Waals surface area contributed by atoms with Crippen LogP contribution in [0.1, 0.15) is 70.3 Å². The van der Waals surface area contributed by atoms with Gasteiger partial charge in [0.25, 0.3) is 0 Å². The highest BCUT2D eigenvalue weighted by atomic mass is 15.3. The molecule has 1 N–H and O–H groups in total. The Morgan fingerprint density at radius 1 is 1.11 bits per heavy atom. The van der Waals surface area contributed by atoms with Crippen molar-refractivity contribution in [1.82, 2.24) is 15.1 Å². The fourth-order valence-electron chi connectivity index (χ4n) is 2.25. The molecule has 1 rings (SSSR count). The maximum Gasteiger partial charge on any atom is 0.0641 e. The average Bonchev–Trinajstić information content (AvgIpc) is 2.57. The van der Waals surface area contributed by atoms with Crippen molar-refractivity contribution in [3.05, 3.63) is 17.0 Å². The standard InChI is InChI=1S/C16H31N3/c1-7-8-9-10-11-19-14(3)15(13(2)18-19)12-17-16(4,5)6/h17H,7-12H2,1-6H3. The van der Waals surface area contributed by atoms with Crippen molar-refractivity contribution in [2.24, 2.45) is 0 Å². The molecule has 0 radical (unpaired) electrons. The van der Waals surface area contributed by atoms with E-state index in [4.69, 9.17) is 0 Å². The molecule has 0 saturated heterocycles. The van der Waals surface area contributed by atoms with Crippen LogP contribution < -0.4 is 5.32 Å². The highest BCUT2D eigenvalue weighted by Crippen LogP contribution is 2.15. The van der Waals surface area contributed by atoms with Crippen molar-refractivity contribution in [1.29, 1.82) is 0 Å². The third-order valence-corrected chi connectivity index (χ3v) is 3.55. The summed E-state index contributed by atoms with van der Waals surface area (Å²) in [6.45, 7) is 15.1. The molecule has 0 unspecified atom stereocenters. The van der Waals surface area contributed by atoms with Crippen LogP contribution in [0.3, 0.4) is 0 Å². The lowest BCUT2D eigenvalue weighted by Gasteiger charge is -2.20. The van der Waals surface area contributed by atoms with Gasteiger partial charge in [0.1, 0.15) is 0 Å². The van der Waals surface area contributed by atoms with Crippen molar-refractivity contribution >= 4 is 0 Å². The van der Waals surface area contributed by atoms with Crippen LogP contribution in [0.5, 0.6) is 0 Å². The minimum Gasteiger partial charge on any atom is -0.308 e. The number of rotatable bonds is 7. The van der Waals surface area contributed by atoms with Crippen LogP contribution in [0.25, 0.3) is 0 Å². The third kappa shape index (κ3) is 5.35. The van der Waals surface area contributed by atoms with Crippen LogP contribution in [0.4, 0.5) is 0 Å². The van der Waals surface area contributed by atoms with Gasteiger partial charge in [0.15, 0.2) is 0 Å². The van der Waals surface area contributed by atoms with Gasteiger partial charge in [-0.3, -0.25) is 4.68 Å². The molecule has 110 valence electrons. The number of aryl methyl sites for hydroxylation is 2. The van der Waals surface area contributed by atoms with Gasteiger partial charge in [0.2, 0.25) is 0 Å². The molecule has 3 nitrogen and oxygen atoms in total. The van der Waals surface area contributed by atoms with Gasteiger partial charge >= 0.3 is 0 Å². The lowest BCUT2D eigenvalue weighted by molar-refractivity contribution is 0.423. The molecule has 19 heavy (non-hydrogen) atoms. The number of nitrogens with one attached hydrogen (secondary N) is 1. The van der Waals surface area contributed by atoms with Gasteiger partial charge in [-0.2, -0.15) is 5.10 Å². The monoisotopic (exact) mass is 265 g/mol. The number of unbranched alkanes of at least 4 members (excludes halogenated alkanes) is 3. The SMILES string of the molecule is CCCCCCn1nc(C)c(CNC(C)(C)C)c1C. The molecule has 1 aromatic rings. The molecule has 0 amide bonds. The highest BCUT2D eigenvalue weighted by Gasteiger charge is 2.14. The smallest absolute Gasteiger partial charge is 0.0641 e. The summed E-state index contributed by atoms with van der Waals surface area (Å²) in [6, 6.07) is 0. The van der Waals surface area contributed by atoms with E-state index >= 15 is 0 Å². The van der Waals surface area contributed by atoms with Gasteiger partial charge in [0, 0.05) is 29.9 Å². The summed E-state index contributed by atoms with van der Waals surface area (Å²) in [6.07, 6.45) is 5.17. The number of hydrogen-bond acceptors (Lipinski definition) is 2. The second-order valence-electron chi connectivity index (χ2n) is 6.54. The van der Waals surface area contributed by atoms with Crippen molar-refractivity contribution in [2.75, 3.05) is 0 Å². The van der Waals surface area contributed by atoms with Gasteiger partial charge in [-0.15, -0.1) is 0 Å². The van der Waals surface area contributed by atoms with E-state index in [0.29, 0.717) is 0 Å². The molecule has 0 aliphatic rings. The first kappa shape index (κ1) is 16.2. The van der Waals surface area contributed by atoms with Crippen LogP contribution in [0.2, 0.25) is 0 Å². The van der Waals surface area contributed by atoms with Crippen molar-refractivity contribution < 1.29 is 0 Å². The molecule has 3 heteroatoms. The molecule has 0 fully saturated rings. The summed E-state index contributed by atoms with van der Waals surface area (Å²) in [7, 11) is 0. The quantitative estimate of drug-likeness (QED) is 0.756. The summed E-state index contributed by atoms with van der Waals surface area (Å²) >= 11 is 0. The van der Waals surface area contributed by atoms with Crippen LogP contribution in [-0.4, -0.2) is 15.3 Å². The van der Waals surface area contributed by atoms with E-state index in [0.717, 1.165) is 13.1 Å². The number of aromatic nitrogens is 2. The van der Waals surface area contributed by atoms with Crippen LogP contribution in [0.15, 0.2) is 0 Å². The van der Waals surface area contributed by atoms with Gasteiger partial charge in [-0.05, 0) is 41.0 Å². The minimum atomic E-state index is 0.155. The highest BCUT2D eigenvalue weighted by molar-refractivity contribution is 5.24. The lowest BCUT2D eigenvalue weighted by Crippen LogP contribution is -2.35. The summed E-state index contributed by atoms with van der Waals surface area (Å²) in [5, 5.41) is 8.24. The second-order valence-corrected chi connectivity index (χ2v) is 6.54. The molecule has 0 saturated carbocycles. The van der Waals surface area contributed by atoms with E-state index in [1.807, 2.05) is 0 Å². The maximum absolute atomic E-state index is 4.69. The molecule has 1 heterocycles. The largest absolute Gasteiger partial charge is 0.308 e. The second kappa shape index (κ2) is 7.09. The van der Waals surface area contributed by atoms with E-state index in [2.05, 4.69) is 56.6 Å². The Morgan fingerprint density at radius 2 is 1.79 bits per heavy atom. The topological polar surface area (TPSA) is 29.9 Å². The zero-order chi connectivity index (χ0) is 14.5. The third-order valence-electron chi connectivity index (χ3n) is 3.55.